The molecule has 1 atom stereocenters. The second-order valence-electron chi connectivity index (χ2n) is 5.55. The van der Waals surface area contributed by atoms with Crippen molar-refractivity contribution in [1.29, 1.82) is 5.26 Å². The number of ether oxygens (including phenoxy) is 2. The van der Waals surface area contributed by atoms with Gasteiger partial charge in [0.1, 0.15) is 23.2 Å². The third-order valence-corrected chi connectivity index (χ3v) is 3.52. The van der Waals surface area contributed by atoms with E-state index in [4.69, 9.17) is 13.9 Å². The zero-order valence-corrected chi connectivity index (χ0v) is 15.1. The van der Waals surface area contributed by atoms with Crippen molar-refractivity contribution in [3.8, 4) is 11.8 Å². The van der Waals surface area contributed by atoms with Gasteiger partial charge in [0, 0.05) is 0 Å². The van der Waals surface area contributed by atoms with Gasteiger partial charge in [-0.1, -0.05) is 12.1 Å². The topological polar surface area (TPSA) is 102 Å². The van der Waals surface area contributed by atoms with Gasteiger partial charge in [-0.05, 0) is 49.8 Å². The van der Waals surface area contributed by atoms with Crippen LogP contribution in [0, 0.1) is 11.3 Å². The molecule has 0 saturated carbocycles. The van der Waals surface area contributed by atoms with Crippen molar-refractivity contribution in [2.75, 3.05) is 13.2 Å². The molecular formula is C20H20N2O5. The number of amides is 1. The third-order valence-electron chi connectivity index (χ3n) is 3.52. The Kier molecular flexibility index (Phi) is 7.20. The predicted molar refractivity (Wildman–Crippen MR) is 97.4 cm³/mol. The number of rotatable bonds is 8. The lowest BCUT2D eigenvalue weighted by molar-refractivity contribution is -0.144. The minimum Gasteiger partial charge on any atom is -0.494 e. The van der Waals surface area contributed by atoms with Crippen molar-refractivity contribution in [3.05, 3.63) is 59.6 Å². The van der Waals surface area contributed by atoms with Gasteiger partial charge in [0.15, 0.2) is 6.61 Å². The maximum Gasteiger partial charge on any atom is 0.349 e. The highest BCUT2D eigenvalue weighted by atomic mass is 16.5. The highest BCUT2D eigenvalue weighted by molar-refractivity contribution is 5.98. The summed E-state index contributed by atoms with van der Waals surface area (Å²) in [4.78, 5) is 23.9. The van der Waals surface area contributed by atoms with Gasteiger partial charge in [0.05, 0.1) is 18.9 Å². The minimum absolute atomic E-state index is 0.203. The van der Waals surface area contributed by atoms with Gasteiger partial charge in [0.2, 0.25) is 0 Å². The number of nitrogens with zero attached hydrogens (tertiary/aromatic N) is 1. The summed E-state index contributed by atoms with van der Waals surface area (Å²) >= 11 is 0. The number of nitriles is 1. The highest BCUT2D eigenvalue weighted by Gasteiger charge is 2.16. The zero-order chi connectivity index (χ0) is 19.6. The Morgan fingerprint density at radius 1 is 1.30 bits per heavy atom. The minimum atomic E-state index is -0.868. The standard InChI is InChI=1S/C20H20N2O5/c1-3-25-17-8-6-15(7-9-17)11-16(12-21)20(24)27-13-19(23)22-14(2)18-5-4-10-26-18/h4-11,14H,3,13H2,1-2H3,(H,22,23)/b16-11+/t14-/m1/s1. The van der Waals surface area contributed by atoms with Crippen LogP contribution in [0.2, 0.25) is 0 Å². The van der Waals surface area contributed by atoms with E-state index < -0.39 is 18.5 Å². The fraction of sp³-hybridized carbons (Fsp3) is 0.250. The van der Waals surface area contributed by atoms with E-state index in [1.807, 2.05) is 6.92 Å². The number of furan rings is 1. The Morgan fingerprint density at radius 2 is 2.04 bits per heavy atom. The molecule has 0 fully saturated rings. The molecule has 0 radical (unpaired) electrons. The summed E-state index contributed by atoms with van der Waals surface area (Å²) in [6.07, 6.45) is 2.89. The van der Waals surface area contributed by atoms with E-state index in [0.717, 1.165) is 0 Å². The average molecular weight is 368 g/mol. The van der Waals surface area contributed by atoms with E-state index in [0.29, 0.717) is 23.7 Å². The van der Waals surface area contributed by atoms with Gasteiger partial charge in [0.25, 0.3) is 5.91 Å². The van der Waals surface area contributed by atoms with Gasteiger partial charge < -0.3 is 19.2 Å². The summed E-state index contributed by atoms with van der Waals surface area (Å²) in [5.41, 5.74) is 0.439. The maximum atomic E-state index is 12.0. The SMILES string of the molecule is CCOc1ccc(/C=C(\C#N)C(=O)OCC(=O)N[C@H](C)c2ccco2)cc1. The summed E-state index contributed by atoms with van der Waals surface area (Å²) in [5, 5.41) is 11.8. The van der Waals surface area contributed by atoms with Crippen LogP contribution in [0.4, 0.5) is 0 Å². The summed E-state index contributed by atoms with van der Waals surface area (Å²) in [6.45, 7) is 3.67. The molecular weight excluding hydrogens is 348 g/mol. The molecule has 140 valence electrons. The number of esters is 1. The van der Waals surface area contributed by atoms with Crippen LogP contribution in [0.15, 0.2) is 52.7 Å². The average Bonchev–Trinajstić information content (AvgIpc) is 3.20. The Morgan fingerprint density at radius 3 is 2.63 bits per heavy atom. The molecule has 7 nitrogen and oxygen atoms in total. The van der Waals surface area contributed by atoms with Crippen molar-refractivity contribution >= 4 is 18.0 Å². The van der Waals surface area contributed by atoms with Crippen molar-refractivity contribution in [1.82, 2.24) is 5.32 Å². The molecule has 0 aliphatic rings. The van der Waals surface area contributed by atoms with Crippen molar-refractivity contribution in [3.63, 3.8) is 0 Å². The molecule has 1 aromatic carbocycles. The predicted octanol–water partition coefficient (Wildman–Crippen LogP) is 3.01. The first-order valence-corrected chi connectivity index (χ1v) is 8.38. The van der Waals surface area contributed by atoms with Crippen LogP contribution in [0.5, 0.6) is 5.75 Å². The van der Waals surface area contributed by atoms with Gasteiger partial charge in [-0.25, -0.2) is 4.79 Å². The van der Waals surface area contributed by atoms with Gasteiger partial charge in [-0.3, -0.25) is 4.79 Å². The highest BCUT2D eigenvalue weighted by Crippen LogP contribution is 2.15. The van der Waals surface area contributed by atoms with E-state index in [1.54, 1.807) is 49.4 Å². The number of hydrogen-bond donors (Lipinski definition) is 1. The Bertz CT molecular complexity index is 832. The van der Waals surface area contributed by atoms with E-state index in [1.165, 1.54) is 12.3 Å². The molecule has 1 heterocycles. The van der Waals surface area contributed by atoms with Crippen molar-refractivity contribution in [2.45, 2.75) is 19.9 Å². The maximum absolute atomic E-state index is 12.0. The zero-order valence-electron chi connectivity index (χ0n) is 15.1. The van der Waals surface area contributed by atoms with Crippen LogP contribution in [0.1, 0.15) is 31.2 Å². The first-order valence-electron chi connectivity index (χ1n) is 8.38. The van der Waals surface area contributed by atoms with E-state index in [2.05, 4.69) is 5.32 Å². The lowest BCUT2D eigenvalue weighted by atomic mass is 10.1. The van der Waals surface area contributed by atoms with Gasteiger partial charge >= 0.3 is 5.97 Å². The monoisotopic (exact) mass is 368 g/mol. The summed E-state index contributed by atoms with van der Waals surface area (Å²) < 4.78 is 15.4. The molecule has 0 saturated heterocycles. The molecule has 1 N–H and O–H groups in total. The van der Waals surface area contributed by atoms with E-state index in [9.17, 15) is 14.9 Å². The third kappa shape index (κ3) is 6.04. The van der Waals surface area contributed by atoms with Crippen LogP contribution in [0.25, 0.3) is 6.08 Å². The molecule has 0 unspecified atom stereocenters. The summed E-state index contributed by atoms with van der Waals surface area (Å²) in [7, 11) is 0. The van der Waals surface area contributed by atoms with Gasteiger partial charge in [-0.15, -0.1) is 0 Å². The molecule has 0 aliphatic heterocycles. The Hall–Kier alpha value is -3.53. The van der Waals surface area contributed by atoms with E-state index >= 15 is 0 Å². The lowest BCUT2D eigenvalue weighted by Crippen LogP contribution is -2.31. The number of carbonyl (C=O) groups is 2. The number of carbonyl (C=O) groups excluding carboxylic acids is 2. The van der Waals surface area contributed by atoms with Crippen molar-refractivity contribution < 1.29 is 23.5 Å². The van der Waals surface area contributed by atoms with Crippen LogP contribution in [0.3, 0.4) is 0 Å². The number of nitrogens with one attached hydrogen (secondary N) is 1. The van der Waals surface area contributed by atoms with E-state index in [-0.39, 0.29) is 11.6 Å². The number of benzene rings is 1. The largest absolute Gasteiger partial charge is 0.494 e. The van der Waals surface area contributed by atoms with Crippen LogP contribution < -0.4 is 10.1 Å². The fourth-order valence-electron chi connectivity index (χ4n) is 2.23. The Balaban J connectivity index is 1.90. The first-order chi connectivity index (χ1) is 13.0. The quantitative estimate of drug-likeness (QED) is 0.437. The summed E-state index contributed by atoms with van der Waals surface area (Å²) in [6, 6.07) is 11.8. The molecule has 1 aromatic heterocycles. The first kappa shape index (κ1) is 19.8. The van der Waals surface area contributed by atoms with Crippen LogP contribution in [-0.2, 0) is 14.3 Å². The smallest absolute Gasteiger partial charge is 0.349 e. The fourth-order valence-corrected chi connectivity index (χ4v) is 2.23. The van der Waals surface area contributed by atoms with Crippen LogP contribution >= 0.6 is 0 Å². The normalized spacial score (nSPS) is 12.0. The second-order valence-corrected chi connectivity index (χ2v) is 5.55. The number of hydrogen-bond acceptors (Lipinski definition) is 6. The summed E-state index contributed by atoms with van der Waals surface area (Å²) in [5.74, 6) is -0.0846. The van der Waals surface area contributed by atoms with Gasteiger partial charge in [-0.2, -0.15) is 5.26 Å². The van der Waals surface area contributed by atoms with Crippen molar-refractivity contribution in [2.24, 2.45) is 0 Å². The Labute approximate surface area is 157 Å². The molecule has 0 spiro atoms. The lowest BCUT2D eigenvalue weighted by Gasteiger charge is -2.11. The molecule has 1 amide bonds. The van der Waals surface area contributed by atoms with Crippen LogP contribution in [-0.4, -0.2) is 25.1 Å². The molecule has 2 rings (SSSR count). The molecule has 0 aliphatic carbocycles. The molecule has 27 heavy (non-hydrogen) atoms. The molecule has 0 bridgehead atoms. The second kappa shape index (κ2) is 9.82. The molecule has 7 heteroatoms. The molecule has 2 aromatic rings.